The highest BCUT2D eigenvalue weighted by molar-refractivity contribution is 5.57. The quantitative estimate of drug-likeness (QED) is 0.722. The van der Waals surface area contributed by atoms with Gasteiger partial charge in [-0.15, -0.1) is 0 Å². The van der Waals surface area contributed by atoms with Crippen LogP contribution in [0.2, 0.25) is 0 Å². The van der Waals surface area contributed by atoms with Gasteiger partial charge < -0.3 is 9.36 Å². The molecule has 1 aliphatic rings. The van der Waals surface area contributed by atoms with Gasteiger partial charge in [0.2, 0.25) is 0 Å². The van der Waals surface area contributed by atoms with Gasteiger partial charge in [0.25, 0.3) is 0 Å². The minimum Gasteiger partial charge on any atom is -0.334 e. The zero-order chi connectivity index (χ0) is 11.4. The predicted octanol–water partition coefficient (Wildman–Crippen LogP) is 1.46. The first-order valence-electron chi connectivity index (χ1n) is 6.04. The largest absolute Gasteiger partial charge is 0.334 e. The third kappa shape index (κ3) is 2.32. The molecule has 0 amide bonds. The van der Waals surface area contributed by atoms with Crippen molar-refractivity contribution in [2.75, 3.05) is 6.54 Å². The summed E-state index contributed by atoms with van der Waals surface area (Å²) in [4.78, 5) is 17.6. The number of piperidine rings is 1. The Morgan fingerprint density at radius 2 is 2.44 bits per heavy atom. The molecule has 1 aromatic rings. The van der Waals surface area contributed by atoms with Gasteiger partial charge in [-0.3, -0.25) is 4.90 Å². The zero-order valence-corrected chi connectivity index (χ0v) is 9.80. The average molecular weight is 221 g/mol. The van der Waals surface area contributed by atoms with E-state index in [1.54, 1.807) is 0 Å². The predicted molar refractivity (Wildman–Crippen MR) is 62.0 cm³/mol. The van der Waals surface area contributed by atoms with E-state index in [1.165, 1.54) is 12.8 Å². The Bertz CT molecular complexity index is 348. The van der Waals surface area contributed by atoms with Gasteiger partial charge in [-0.2, -0.15) is 0 Å². The van der Waals surface area contributed by atoms with Crippen molar-refractivity contribution in [3.63, 3.8) is 0 Å². The van der Waals surface area contributed by atoms with Gasteiger partial charge in [0.05, 0.1) is 12.6 Å². The number of aldehydes is 1. The Kier molecular flexibility index (Phi) is 3.72. The van der Waals surface area contributed by atoms with E-state index in [4.69, 9.17) is 0 Å². The molecule has 1 aliphatic heterocycles. The van der Waals surface area contributed by atoms with Crippen LogP contribution in [-0.4, -0.2) is 33.3 Å². The summed E-state index contributed by atoms with van der Waals surface area (Å²) in [5.74, 6) is 1.07. The van der Waals surface area contributed by atoms with Gasteiger partial charge in [-0.25, -0.2) is 4.98 Å². The Labute approximate surface area is 96.3 Å². The number of rotatable bonds is 4. The minimum absolute atomic E-state index is 0.0933. The molecule has 0 saturated carbocycles. The van der Waals surface area contributed by atoms with Crippen molar-refractivity contribution in [3.8, 4) is 0 Å². The SMILES string of the molecule is CCn1ccnc1CN1CCCCC1C=O. The molecule has 88 valence electrons. The fraction of sp³-hybridized carbons (Fsp3) is 0.667. The number of nitrogens with zero attached hydrogens (tertiary/aromatic N) is 3. The van der Waals surface area contributed by atoms with Crippen LogP contribution in [0.5, 0.6) is 0 Å². The van der Waals surface area contributed by atoms with Crippen molar-refractivity contribution in [3.05, 3.63) is 18.2 Å². The molecule has 2 heterocycles. The summed E-state index contributed by atoms with van der Waals surface area (Å²) in [5.41, 5.74) is 0. The van der Waals surface area contributed by atoms with E-state index in [0.29, 0.717) is 0 Å². The van der Waals surface area contributed by atoms with Crippen molar-refractivity contribution in [2.45, 2.75) is 45.3 Å². The number of hydrogen-bond acceptors (Lipinski definition) is 3. The lowest BCUT2D eigenvalue weighted by Crippen LogP contribution is -2.40. The summed E-state index contributed by atoms with van der Waals surface area (Å²) in [7, 11) is 0. The van der Waals surface area contributed by atoms with Crippen LogP contribution >= 0.6 is 0 Å². The van der Waals surface area contributed by atoms with Crippen LogP contribution < -0.4 is 0 Å². The summed E-state index contributed by atoms with van der Waals surface area (Å²) >= 11 is 0. The highest BCUT2D eigenvalue weighted by atomic mass is 16.1. The highest BCUT2D eigenvalue weighted by Gasteiger charge is 2.22. The smallest absolute Gasteiger partial charge is 0.137 e. The average Bonchev–Trinajstić information content (AvgIpc) is 2.77. The Morgan fingerprint density at radius 3 is 3.19 bits per heavy atom. The molecule has 2 rings (SSSR count). The first-order chi connectivity index (χ1) is 7.85. The molecule has 0 aromatic carbocycles. The molecule has 4 heteroatoms. The van der Waals surface area contributed by atoms with Crippen molar-refractivity contribution < 1.29 is 4.79 Å². The van der Waals surface area contributed by atoms with Gasteiger partial charge in [-0.05, 0) is 26.3 Å². The molecule has 0 bridgehead atoms. The van der Waals surface area contributed by atoms with Crippen LogP contribution in [0.15, 0.2) is 12.4 Å². The molecule has 1 atom stereocenters. The van der Waals surface area contributed by atoms with Gasteiger partial charge in [0.1, 0.15) is 12.1 Å². The van der Waals surface area contributed by atoms with Crippen molar-refractivity contribution in [1.29, 1.82) is 0 Å². The Morgan fingerprint density at radius 1 is 1.56 bits per heavy atom. The molecule has 1 aromatic heterocycles. The molecular weight excluding hydrogens is 202 g/mol. The molecular formula is C12H19N3O. The van der Waals surface area contributed by atoms with E-state index in [2.05, 4.69) is 21.4 Å². The second-order valence-corrected chi connectivity index (χ2v) is 4.30. The molecule has 0 N–H and O–H groups in total. The maximum absolute atomic E-state index is 11.0. The van der Waals surface area contributed by atoms with E-state index in [0.717, 1.165) is 38.2 Å². The molecule has 0 spiro atoms. The molecule has 1 unspecified atom stereocenters. The molecule has 1 fully saturated rings. The maximum Gasteiger partial charge on any atom is 0.137 e. The molecule has 16 heavy (non-hydrogen) atoms. The third-order valence-corrected chi connectivity index (χ3v) is 3.31. The van der Waals surface area contributed by atoms with E-state index in [1.807, 2.05) is 12.4 Å². The van der Waals surface area contributed by atoms with E-state index in [-0.39, 0.29) is 6.04 Å². The first-order valence-corrected chi connectivity index (χ1v) is 6.04. The lowest BCUT2D eigenvalue weighted by atomic mass is 10.0. The van der Waals surface area contributed by atoms with Crippen molar-refractivity contribution in [1.82, 2.24) is 14.5 Å². The number of carbonyl (C=O) groups excluding carboxylic acids is 1. The summed E-state index contributed by atoms with van der Waals surface area (Å²) < 4.78 is 2.14. The molecule has 4 nitrogen and oxygen atoms in total. The standard InChI is InChI=1S/C12H19N3O/c1-2-14-8-6-13-12(14)9-15-7-4-3-5-11(15)10-16/h6,8,10-11H,2-5,7,9H2,1H3. The molecule has 0 radical (unpaired) electrons. The van der Waals surface area contributed by atoms with Gasteiger partial charge >= 0.3 is 0 Å². The van der Waals surface area contributed by atoms with E-state index >= 15 is 0 Å². The topological polar surface area (TPSA) is 38.1 Å². The van der Waals surface area contributed by atoms with E-state index in [9.17, 15) is 4.79 Å². The normalized spacial score (nSPS) is 22.2. The van der Waals surface area contributed by atoms with Crippen LogP contribution in [0.3, 0.4) is 0 Å². The first kappa shape index (κ1) is 11.3. The van der Waals surface area contributed by atoms with Crippen LogP contribution in [0.1, 0.15) is 32.0 Å². The third-order valence-electron chi connectivity index (χ3n) is 3.31. The van der Waals surface area contributed by atoms with Crippen LogP contribution in [-0.2, 0) is 17.9 Å². The maximum atomic E-state index is 11.0. The van der Waals surface area contributed by atoms with Gasteiger partial charge in [-0.1, -0.05) is 6.42 Å². The molecule has 0 aliphatic carbocycles. The van der Waals surface area contributed by atoms with Crippen LogP contribution in [0.25, 0.3) is 0 Å². The van der Waals surface area contributed by atoms with E-state index < -0.39 is 0 Å². The summed E-state index contributed by atoms with van der Waals surface area (Å²) in [6, 6.07) is 0.0933. The van der Waals surface area contributed by atoms with Crippen molar-refractivity contribution >= 4 is 6.29 Å². The van der Waals surface area contributed by atoms with Crippen LogP contribution in [0, 0.1) is 0 Å². The number of likely N-dealkylation sites (tertiary alicyclic amines) is 1. The fourth-order valence-corrected chi connectivity index (χ4v) is 2.33. The Hall–Kier alpha value is -1.16. The second-order valence-electron chi connectivity index (χ2n) is 4.30. The monoisotopic (exact) mass is 221 g/mol. The Balaban J connectivity index is 2.04. The summed E-state index contributed by atoms with van der Waals surface area (Å²) in [6.07, 6.45) is 8.27. The second kappa shape index (κ2) is 5.25. The van der Waals surface area contributed by atoms with Gasteiger partial charge in [0, 0.05) is 18.9 Å². The summed E-state index contributed by atoms with van der Waals surface area (Å²) in [5, 5.41) is 0. The fourth-order valence-electron chi connectivity index (χ4n) is 2.33. The minimum atomic E-state index is 0.0933. The van der Waals surface area contributed by atoms with Crippen molar-refractivity contribution in [2.24, 2.45) is 0 Å². The highest BCUT2D eigenvalue weighted by Crippen LogP contribution is 2.17. The number of hydrogen-bond donors (Lipinski definition) is 0. The number of imidazole rings is 1. The number of carbonyl (C=O) groups is 1. The lowest BCUT2D eigenvalue weighted by Gasteiger charge is -2.31. The van der Waals surface area contributed by atoms with Crippen LogP contribution in [0.4, 0.5) is 0 Å². The van der Waals surface area contributed by atoms with Gasteiger partial charge in [0.15, 0.2) is 0 Å². The number of aromatic nitrogens is 2. The lowest BCUT2D eigenvalue weighted by molar-refractivity contribution is -0.113. The number of aryl methyl sites for hydroxylation is 1. The zero-order valence-electron chi connectivity index (χ0n) is 9.80. The molecule has 1 saturated heterocycles. The summed E-state index contributed by atoms with van der Waals surface area (Å²) in [6.45, 7) is 4.86.